The first kappa shape index (κ1) is 14.0. The molecule has 2 saturated heterocycles. The third kappa shape index (κ3) is 1.92. The van der Waals surface area contributed by atoms with Gasteiger partial charge in [0.15, 0.2) is 0 Å². The predicted molar refractivity (Wildman–Crippen MR) is 81.3 cm³/mol. The molecule has 2 aliphatic rings. The van der Waals surface area contributed by atoms with Gasteiger partial charge in [0.25, 0.3) is 0 Å². The highest BCUT2D eigenvalue weighted by Crippen LogP contribution is 2.51. The van der Waals surface area contributed by atoms with E-state index in [1.165, 1.54) is 0 Å². The van der Waals surface area contributed by atoms with E-state index in [0.717, 1.165) is 12.1 Å². The van der Waals surface area contributed by atoms with Gasteiger partial charge in [-0.2, -0.15) is 0 Å². The second-order valence-corrected chi connectivity index (χ2v) is 7.10. The molecule has 6 nitrogen and oxygen atoms in total. The number of likely N-dealkylation sites (tertiary alicyclic amines) is 1. The molecule has 6 heteroatoms. The van der Waals surface area contributed by atoms with Crippen LogP contribution in [0.2, 0.25) is 0 Å². The van der Waals surface area contributed by atoms with Gasteiger partial charge < -0.3 is 15.7 Å². The van der Waals surface area contributed by atoms with Crippen molar-refractivity contribution >= 4 is 17.6 Å². The van der Waals surface area contributed by atoms with Crippen LogP contribution in [0.3, 0.4) is 0 Å². The summed E-state index contributed by atoms with van der Waals surface area (Å²) in [6.45, 7) is 7.62. The van der Waals surface area contributed by atoms with Gasteiger partial charge in [0.1, 0.15) is 5.82 Å². The predicted octanol–water partition coefficient (Wildman–Crippen LogP) is 2.02. The standard InChI is InChI=1S/C15H22N4O2/c1-14(2,3)15-6-11(8-19(15)13(20)21)18(9-15)10-4-5-12(16)17-7-10/h4-5,7,11H,6,8-9H2,1-3H3,(H2,16,17)(H,20,21)/t11-,15?/m1/s1. The van der Waals surface area contributed by atoms with Crippen molar-refractivity contribution < 1.29 is 9.90 Å². The number of pyridine rings is 1. The summed E-state index contributed by atoms with van der Waals surface area (Å²) in [4.78, 5) is 19.7. The number of anilines is 2. The van der Waals surface area contributed by atoms with Gasteiger partial charge in [-0.1, -0.05) is 20.8 Å². The fourth-order valence-electron chi connectivity index (χ4n) is 3.80. The zero-order valence-electron chi connectivity index (χ0n) is 12.7. The molecule has 1 aromatic rings. The molecular formula is C15H22N4O2. The molecule has 0 aliphatic carbocycles. The quantitative estimate of drug-likeness (QED) is 0.827. The average Bonchev–Trinajstić information content (AvgIpc) is 2.95. The van der Waals surface area contributed by atoms with Crippen LogP contribution >= 0.6 is 0 Å². The number of amides is 1. The number of hydrogen-bond donors (Lipinski definition) is 2. The minimum Gasteiger partial charge on any atom is -0.465 e. The van der Waals surface area contributed by atoms with Gasteiger partial charge in [0.2, 0.25) is 0 Å². The van der Waals surface area contributed by atoms with E-state index in [9.17, 15) is 9.90 Å². The Kier molecular flexibility index (Phi) is 2.83. The number of aromatic nitrogens is 1. The van der Waals surface area contributed by atoms with Crippen molar-refractivity contribution in [2.45, 2.75) is 38.8 Å². The SMILES string of the molecule is CC(C)(C)C12C[C@H](CN1C(=O)O)N(c1ccc(N)nc1)C2. The number of nitrogen functional groups attached to an aromatic ring is 1. The van der Waals surface area contributed by atoms with Crippen molar-refractivity contribution in [1.29, 1.82) is 0 Å². The molecule has 2 bridgehead atoms. The molecule has 3 rings (SSSR count). The Morgan fingerprint density at radius 3 is 2.71 bits per heavy atom. The van der Waals surface area contributed by atoms with Crippen molar-refractivity contribution in [1.82, 2.24) is 9.88 Å². The molecule has 0 spiro atoms. The van der Waals surface area contributed by atoms with Crippen molar-refractivity contribution in [3.05, 3.63) is 18.3 Å². The summed E-state index contributed by atoms with van der Waals surface area (Å²) >= 11 is 0. The van der Waals surface area contributed by atoms with Gasteiger partial charge >= 0.3 is 6.09 Å². The Morgan fingerprint density at radius 1 is 1.48 bits per heavy atom. The van der Waals surface area contributed by atoms with Crippen LogP contribution in [0.1, 0.15) is 27.2 Å². The Bertz CT molecular complexity index is 566. The maximum atomic E-state index is 11.6. The van der Waals surface area contributed by atoms with Crippen LogP contribution in [0.4, 0.5) is 16.3 Å². The molecule has 1 unspecified atom stereocenters. The van der Waals surface area contributed by atoms with Crippen LogP contribution in [-0.2, 0) is 0 Å². The zero-order valence-corrected chi connectivity index (χ0v) is 12.7. The van der Waals surface area contributed by atoms with E-state index in [2.05, 4.69) is 30.7 Å². The lowest BCUT2D eigenvalue weighted by Gasteiger charge is -2.48. The summed E-state index contributed by atoms with van der Waals surface area (Å²) in [5, 5.41) is 9.54. The zero-order chi connectivity index (χ0) is 15.4. The molecule has 3 heterocycles. The fourth-order valence-corrected chi connectivity index (χ4v) is 3.80. The van der Waals surface area contributed by atoms with Crippen LogP contribution < -0.4 is 10.6 Å². The normalized spacial score (nSPS) is 28.2. The summed E-state index contributed by atoms with van der Waals surface area (Å²) in [7, 11) is 0. The summed E-state index contributed by atoms with van der Waals surface area (Å²) in [5.41, 5.74) is 6.20. The van der Waals surface area contributed by atoms with Crippen molar-refractivity contribution in [3.8, 4) is 0 Å². The number of fused-ring (bicyclic) bond motifs is 2. The summed E-state index contributed by atoms with van der Waals surface area (Å²) in [6, 6.07) is 3.97. The maximum absolute atomic E-state index is 11.6. The summed E-state index contributed by atoms with van der Waals surface area (Å²) in [5.74, 6) is 0.501. The van der Waals surface area contributed by atoms with Gasteiger partial charge in [-0.15, -0.1) is 0 Å². The number of carboxylic acid groups (broad SMARTS) is 1. The Morgan fingerprint density at radius 2 is 2.19 bits per heavy atom. The lowest BCUT2D eigenvalue weighted by atomic mass is 9.73. The summed E-state index contributed by atoms with van der Waals surface area (Å²) < 4.78 is 0. The molecule has 1 aromatic heterocycles. The van der Waals surface area contributed by atoms with E-state index in [0.29, 0.717) is 18.9 Å². The second-order valence-electron chi connectivity index (χ2n) is 7.10. The Labute approximate surface area is 124 Å². The van der Waals surface area contributed by atoms with E-state index < -0.39 is 6.09 Å². The molecule has 3 N–H and O–H groups in total. The molecule has 21 heavy (non-hydrogen) atoms. The minimum absolute atomic E-state index is 0.115. The molecule has 0 saturated carbocycles. The number of hydrogen-bond acceptors (Lipinski definition) is 4. The van der Waals surface area contributed by atoms with E-state index in [-0.39, 0.29) is 17.0 Å². The van der Waals surface area contributed by atoms with E-state index >= 15 is 0 Å². The van der Waals surface area contributed by atoms with Crippen LogP contribution in [0.5, 0.6) is 0 Å². The number of rotatable bonds is 1. The van der Waals surface area contributed by atoms with Crippen LogP contribution in [0, 0.1) is 5.41 Å². The van der Waals surface area contributed by atoms with Crippen LogP contribution in [-0.4, -0.2) is 45.8 Å². The van der Waals surface area contributed by atoms with Gasteiger partial charge in [-0.25, -0.2) is 9.78 Å². The number of piperazine rings is 1. The van der Waals surface area contributed by atoms with Crippen LogP contribution in [0.25, 0.3) is 0 Å². The first-order chi connectivity index (χ1) is 9.74. The lowest BCUT2D eigenvalue weighted by Crippen LogP contribution is -2.61. The Balaban J connectivity index is 1.95. The maximum Gasteiger partial charge on any atom is 0.407 e. The molecule has 1 amide bonds. The fraction of sp³-hybridized carbons (Fsp3) is 0.600. The highest BCUT2D eigenvalue weighted by atomic mass is 16.4. The van der Waals surface area contributed by atoms with Gasteiger partial charge in [0.05, 0.1) is 17.4 Å². The molecule has 2 aliphatic heterocycles. The highest BCUT2D eigenvalue weighted by molar-refractivity contribution is 5.69. The number of carbonyl (C=O) groups is 1. The van der Waals surface area contributed by atoms with Crippen molar-refractivity contribution in [2.24, 2.45) is 5.41 Å². The average molecular weight is 290 g/mol. The van der Waals surface area contributed by atoms with Gasteiger partial charge in [0, 0.05) is 19.1 Å². The van der Waals surface area contributed by atoms with Crippen molar-refractivity contribution in [2.75, 3.05) is 23.7 Å². The molecule has 0 aromatic carbocycles. The molecule has 0 radical (unpaired) electrons. The molecular weight excluding hydrogens is 268 g/mol. The first-order valence-electron chi connectivity index (χ1n) is 7.23. The lowest BCUT2D eigenvalue weighted by molar-refractivity contribution is 0.0363. The minimum atomic E-state index is -0.817. The Hall–Kier alpha value is -1.98. The van der Waals surface area contributed by atoms with E-state index in [4.69, 9.17) is 5.73 Å². The van der Waals surface area contributed by atoms with Gasteiger partial charge in [-0.3, -0.25) is 4.90 Å². The first-order valence-corrected chi connectivity index (χ1v) is 7.23. The molecule has 2 fully saturated rings. The second kappa shape index (κ2) is 4.26. The van der Waals surface area contributed by atoms with Crippen LogP contribution in [0.15, 0.2) is 18.3 Å². The molecule has 114 valence electrons. The number of nitrogens with zero attached hydrogens (tertiary/aromatic N) is 3. The topological polar surface area (TPSA) is 82.7 Å². The monoisotopic (exact) mass is 290 g/mol. The third-order valence-electron chi connectivity index (χ3n) is 5.09. The smallest absolute Gasteiger partial charge is 0.407 e. The largest absolute Gasteiger partial charge is 0.465 e. The van der Waals surface area contributed by atoms with Gasteiger partial charge in [-0.05, 0) is 24.0 Å². The summed E-state index contributed by atoms with van der Waals surface area (Å²) in [6.07, 6.45) is 1.83. The third-order valence-corrected chi connectivity index (χ3v) is 5.09. The highest BCUT2D eigenvalue weighted by Gasteiger charge is 2.61. The van der Waals surface area contributed by atoms with E-state index in [1.54, 1.807) is 17.2 Å². The van der Waals surface area contributed by atoms with Crippen molar-refractivity contribution in [3.63, 3.8) is 0 Å². The number of nitrogens with two attached hydrogens (primary N) is 1. The van der Waals surface area contributed by atoms with E-state index in [1.807, 2.05) is 6.07 Å². The molecule has 2 atom stereocenters.